The van der Waals surface area contributed by atoms with E-state index in [1.165, 1.54) is 20.3 Å². The Bertz CT molecular complexity index is 406. The summed E-state index contributed by atoms with van der Waals surface area (Å²) in [4.78, 5) is 10.9. The third kappa shape index (κ3) is 1.99. The van der Waals surface area contributed by atoms with E-state index in [-0.39, 0.29) is 17.0 Å². The third-order valence-electron chi connectivity index (χ3n) is 1.86. The van der Waals surface area contributed by atoms with Gasteiger partial charge in [-0.05, 0) is 15.9 Å². The number of methoxy groups -OCH3 is 2. The second-order valence-electron chi connectivity index (χ2n) is 2.70. The Hall–Kier alpha value is -1.43. The fourth-order valence-corrected chi connectivity index (χ4v) is 1.83. The van der Waals surface area contributed by atoms with E-state index in [0.29, 0.717) is 10.2 Å². The van der Waals surface area contributed by atoms with Gasteiger partial charge in [-0.1, -0.05) is 0 Å². The van der Waals surface area contributed by atoms with E-state index in [4.69, 9.17) is 20.3 Å². The molecule has 0 saturated carbocycles. The number of ether oxygens (including phenoxy) is 2. The lowest BCUT2D eigenvalue weighted by Gasteiger charge is -2.13. The van der Waals surface area contributed by atoms with Crippen LogP contribution in [0, 0.1) is 0 Å². The highest BCUT2D eigenvalue weighted by Gasteiger charge is 2.21. The smallest absolute Gasteiger partial charge is 0.341 e. The number of hydrogen-bond donors (Lipinski definition) is 2. The van der Waals surface area contributed by atoms with Crippen LogP contribution in [0.3, 0.4) is 0 Å². The van der Waals surface area contributed by atoms with Crippen molar-refractivity contribution in [1.82, 2.24) is 0 Å². The van der Waals surface area contributed by atoms with E-state index in [1.807, 2.05) is 0 Å². The second-order valence-corrected chi connectivity index (χ2v) is 3.49. The molecule has 0 saturated heterocycles. The molecule has 0 bridgehead atoms. The van der Waals surface area contributed by atoms with Gasteiger partial charge in [-0.15, -0.1) is 0 Å². The molecular formula is C9H10BrNO4. The van der Waals surface area contributed by atoms with Gasteiger partial charge in [-0.3, -0.25) is 0 Å². The maximum Gasteiger partial charge on any atom is 0.341 e. The monoisotopic (exact) mass is 275 g/mol. The van der Waals surface area contributed by atoms with Crippen LogP contribution in [-0.4, -0.2) is 25.3 Å². The van der Waals surface area contributed by atoms with Crippen LogP contribution in [0.2, 0.25) is 0 Å². The molecule has 0 unspecified atom stereocenters. The molecule has 0 radical (unpaired) electrons. The number of aromatic carboxylic acids is 1. The molecular weight excluding hydrogens is 266 g/mol. The largest absolute Gasteiger partial charge is 0.495 e. The summed E-state index contributed by atoms with van der Waals surface area (Å²) in [6, 6.07) is 1.43. The van der Waals surface area contributed by atoms with Gasteiger partial charge < -0.3 is 20.3 Å². The van der Waals surface area contributed by atoms with Crippen molar-refractivity contribution in [3.05, 3.63) is 16.1 Å². The Morgan fingerprint density at radius 3 is 2.47 bits per heavy atom. The van der Waals surface area contributed by atoms with Gasteiger partial charge >= 0.3 is 5.97 Å². The van der Waals surface area contributed by atoms with E-state index in [2.05, 4.69) is 15.9 Å². The van der Waals surface area contributed by atoms with Gasteiger partial charge in [0, 0.05) is 6.07 Å². The molecule has 0 spiro atoms. The SMILES string of the molecule is COc1cc(N)c(C(=O)O)c(OC)c1Br. The van der Waals surface area contributed by atoms with Crippen LogP contribution >= 0.6 is 15.9 Å². The first kappa shape index (κ1) is 11.6. The Morgan fingerprint density at radius 2 is 2.07 bits per heavy atom. The van der Waals surface area contributed by atoms with E-state index in [9.17, 15) is 4.79 Å². The molecule has 0 amide bonds. The number of carboxylic acid groups (broad SMARTS) is 1. The Labute approximate surface area is 94.9 Å². The van der Waals surface area contributed by atoms with Gasteiger partial charge in [0.2, 0.25) is 0 Å². The summed E-state index contributed by atoms with van der Waals surface area (Å²) in [5.74, 6) is -0.568. The van der Waals surface area contributed by atoms with E-state index >= 15 is 0 Å². The molecule has 5 nitrogen and oxygen atoms in total. The molecule has 1 rings (SSSR count). The van der Waals surface area contributed by atoms with Crippen LogP contribution in [0.25, 0.3) is 0 Å². The van der Waals surface area contributed by atoms with Crippen LogP contribution in [0.1, 0.15) is 10.4 Å². The predicted molar refractivity (Wildman–Crippen MR) is 58.6 cm³/mol. The number of nitrogens with two attached hydrogens (primary N) is 1. The maximum atomic E-state index is 10.9. The lowest BCUT2D eigenvalue weighted by atomic mass is 10.1. The maximum absolute atomic E-state index is 10.9. The molecule has 0 aliphatic heterocycles. The molecule has 0 aliphatic rings. The van der Waals surface area contributed by atoms with Gasteiger partial charge in [-0.25, -0.2) is 4.79 Å². The molecule has 1 aromatic rings. The molecule has 3 N–H and O–H groups in total. The summed E-state index contributed by atoms with van der Waals surface area (Å²) in [7, 11) is 2.82. The van der Waals surface area contributed by atoms with Crippen LogP contribution < -0.4 is 15.2 Å². The highest BCUT2D eigenvalue weighted by atomic mass is 79.9. The topological polar surface area (TPSA) is 81.8 Å². The zero-order valence-corrected chi connectivity index (χ0v) is 9.79. The van der Waals surface area contributed by atoms with Gasteiger partial charge in [0.15, 0.2) is 5.75 Å². The van der Waals surface area contributed by atoms with E-state index < -0.39 is 5.97 Å². The molecule has 0 aliphatic carbocycles. The lowest BCUT2D eigenvalue weighted by molar-refractivity contribution is 0.0694. The number of rotatable bonds is 3. The number of halogens is 1. The summed E-state index contributed by atoms with van der Waals surface area (Å²) >= 11 is 3.19. The van der Waals surface area contributed by atoms with Crippen molar-refractivity contribution in [3.8, 4) is 11.5 Å². The first-order valence-corrected chi connectivity index (χ1v) is 4.75. The summed E-state index contributed by atoms with van der Waals surface area (Å²) in [5, 5.41) is 8.94. The Balaban J connectivity index is 3.53. The molecule has 0 atom stereocenters. The number of nitrogen functional groups attached to an aromatic ring is 1. The number of benzene rings is 1. The molecule has 0 fully saturated rings. The van der Waals surface area contributed by atoms with Crippen LogP contribution in [-0.2, 0) is 0 Å². The fourth-order valence-electron chi connectivity index (χ4n) is 1.19. The van der Waals surface area contributed by atoms with Crippen molar-refractivity contribution in [2.75, 3.05) is 20.0 Å². The fraction of sp³-hybridized carbons (Fsp3) is 0.222. The highest BCUT2D eigenvalue weighted by molar-refractivity contribution is 9.10. The standard InChI is InChI=1S/C9H10BrNO4/c1-14-5-3-4(11)6(9(12)13)8(15-2)7(5)10/h3H,11H2,1-2H3,(H,12,13). The minimum absolute atomic E-state index is 0.0785. The molecule has 15 heavy (non-hydrogen) atoms. The van der Waals surface area contributed by atoms with E-state index in [0.717, 1.165) is 0 Å². The first-order valence-electron chi connectivity index (χ1n) is 3.96. The Morgan fingerprint density at radius 1 is 1.47 bits per heavy atom. The van der Waals surface area contributed by atoms with Crippen molar-refractivity contribution >= 4 is 27.6 Å². The van der Waals surface area contributed by atoms with Crippen LogP contribution in [0.15, 0.2) is 10.5 Å². The quantitative estimate of drug-likeness (QED) is 0.822. The zero-order valence-electron chi connectivity index (χ0n) is 8.20. The van der Waals surface area contributed by atoms with Gasteiger partial charge in [0.1, 0.15) is 15.8 Å². The number of carbonyl (C=O) groups is 1. The van der Waals surface area contributed by atoms with Crippen molar-refractivity contribution in [3.63, 3.8) is 0 Å². The molecule has 0 aromatic heterocycles. The zero-order chi connectivity index (χ0) is 11.6. The normalized spacial score (nSPS) is 9.80. The summed E-state index contributed by atoms with van der Waals surface area (Å²) in [5.41, 5.74) is 5.60. The van der Waals surface area contributed by atoms with Gasteiger partial charge in [0.25, 0.3) is 0 Å². The average molecular weight is 276 g/mol. The number of anilines is 1. The average Bonchev–Trinajstić information content (AvgIpc) is 2.19. The van der Waals surface area contributed by atoms with Crippen molar-refractivity contribution in [1.29, 1.82) is 0 Å². The van der Waals surface area contributed by atoms with E-state index in [1.54, 1.807) is 0 Å². The minimum atomic E-state index is -1.15. The lowest BCUT2D eigenvalue weighted by Crippen LogP contribution is -2.06. The highest BCUT2D eigenvalue weighted by Crippen LogP contribution is 2.40. The van der Waals surface area contributed by atoms with Crippen molar-refractivity contribution in [2.24, 2.45) is 0 Å². The van der Waals surface area contributed by atoms with Gasteiger partial charge in [0.05, 0.1) is 19.9 Å². The molecule has 1 aromatic carbocycles. The molecule has 82 valence electrons. The Kier molecular flexibility index (Phi) is 3.41. The number of hydrogen-bond acceptors (Lipinski definition) is 4. The summed E-state index contributed by atoms with van der Waals surface area (Å²) < 4.78 is 10.4. The predicted octanol–water partition coefficient (Wildman–Crippen LogP) is 1.75. The first-order chi connectivity index (χ1) is 7.02. The number of carboxylic acids is 1. The van der Waals surface area contributed by atoms with Crippen LogP contribution in [0.4, 0.5) is 5.69 Å². The third-order valence-corrected chi connectivity index (χ3v) is 2.61. The van der Waals surface area contributed by atoms with Crippen molar-refractivity contribution < 1.29 is 19.4 Å². The minimum Gasteiger partial charge on any atom is -0.495 e. The summed E-state index contributed by atoms with van der Waals surface area (Å²) in [6.45, 7) is 0. The summed E-state index contributed by atoms with van der Waals surface area (Å²) in [6.07, 6.45) is 0. The second kappa shape index (κ2) is 4.39. The van der Waals surface area contributed by atoms with Gasteiger partial charge in [-0.2, -0.15) is 0 Å². The van der Waals surface area contributed by atoms with Crippen molar-refractivity contribution in [2.45, 2.75) is 0 Å². The molecule has 0 heterocycles. The molecule has 6 heteroatoms. The van der Waals surface area contributed by atoms with Crippen LogP contribution in [0.5, 0.6) is 11.5 Å².